The number of anilines is 1. The number of nitrogens with zero attached hydrogens (tertiary/aromatic N) is 1. The van der Waals surface area contributed by atoms with Crippen molar-refractivity contribution in [3.8, 4) is 11.8 Å². The van der Waals surface area contributed by atoms with Crippen LogP contribution in [0.25, 0.3) is 0 Å². The molecule has 5 nitrogen and oxygen atoms in total. The first-order chi connectivity index (χ1) is 8.61. The highest BCUT2D eigenvalue weighted by Gasteiger charge is 2.05. The van der Waals surface area contributed by atoms with Crippen molar-refractivity contribution in [2.75, 3.05) is 11.9 Å². The first-order valence-corrected chi connectivity index (χ1v) is 5.69. The number of ether oxygens (including phenoxy) is 1. The van der Waals surface area contributed by atoms with Crippen LogP contribution in [0.5, 0.6) is 5.75 Å². The Labute approximate surface area is 106 Å². The molecule has 0 aliphatic heterocycles. The molecule has 0 fully saturated rings. The highest BCUT2D eigenvalue weighted by molar-refractivity contribution is 5.90. The van der Waals surface area contributed by atoms with Gasteiger partial charge in [-0.1, -0.05) is 6.07 Å². The number of aliphatic hydroxyl groups excluding tert-OH is 1. The summed E-state index contributed by atoms with van der Waals surface area (Å²) in [6.07, 6.45) is 0.207. The van der Waals surface area contributed by atoms with E-state index in [1.165, 1.54) is 0 Å². The van der Waals surface area contributed by atoms with E-state index in [9.17, 15) is 4.79 Å². The lowest BCUT2D eigenvalue weighted by molar-refractivity contribution is -0.116. The third kappa shape index (κ3) is 5.32. The number of hydrogen-bond acceptors (Lipinski definition) is 4. The van der Waals surface area contributed by atoms with Gasteiger partial charge in [-0.2, -0.15) is 5.26 Å². The summed E-state index contributed by atoms with van der Waals surface area (Å²) in [6.45, 7) is 1.61. The fourth-order valence-corrected chi connectivity index (χ4v) is 1.34. The Hall–Kier alpha value is -2.06. The van der Waals surface area contributed by atoms with Gasteiger partial charge in [0.15, 0.2) is 6.61 Å². The van der Waals surface area contributed by atoms with Crippen molar-refractivity contribution >= 4 is 11.6 Å². The van der Waals surface area contributed by atoms with Crippen LogP contribution >= 0.6 is 0 Å². The molecule has 2 N–H and O–H groups in total. The monoisotopic (exact) mass is 248 g/mol. The number of nitrogens with one attached hydrogen (secondary N) is 1. The normalized spacial score (nSPS) is 11.4. The molecule has 0 aromatic heterocycles. The van der Waals surface area contributed by atoms with Gasteiger partial charge >= 0.3 is 0 Å². The standard InChI is InChI=1S/C13H16N2O3/c1-10(16)5-6-13(17)15-11-3-2-4-12(9-11)18-8-7-14/h2-4,9-10,16H,5-6,8H2,1H3,(H,15,17). The van der Waals surface area contributed by atoms with E-state index in [0.29, 0.717) is 17.9 Å². The van der Waals surface area contributed by atoms with Crippen LogP contribution in [0.3, 0.4) is 0 Å². The lowest BCUT2D eigenvalue weighted by atomic mass is 10.2. The maximum absolute atomic E-state index is 11.5. The topological polar surface area (TPSA) is 82.3 Å². The van der Waals surface area contributed by atoms with E-state index in [-0.39, 0.29) is 18.9 Å². The minimum atomic E-state index is -0.485. The molecule has 1 unspecified atom stereocenters. The van der Waals surface area contributed by atoms with Gasteiger partial charge in [0.05, 0.1) is 6.10 Å². The Morgan fingerprint density at radius 3 is 3.06 bits per heavy atom. The fraction of sp³-hybridized carbons (Fsp3) is 0.385. The molecule has 1 amide bonds. The van der Waals surface area contributed by atoms with Crippen LogP contribution in [0.2, 0.25) is 0 Å². The highest BCUT2D eigenvalue weighted by atomic mass is 16.5. The Morgan fingerprint density at radius 2 is 2.39 bits per heavy atom. The summed E-state index contributed by atoms with van der Waals surface area (Å²) in [6, 6.07) is 8.70. The average Bonchev–Trinajstić information content (AvgIpc) is 2.34. The van der Waals surface area contributed by atoms with Crippen molar-refractivity contribution in [3.05, 3.63) is 24.3 Å². The summed E-state index contributed by atoms with van der Waals surface area (Å²) in [4.78, 5) is 11.5. The predicted octanol–water partition coefficient (Wildman–Crippen LogP) is 1.69. The van der Waals surface area contributed by atoms with Crippen molar-refractivity contribution in [1.82, 2.24) is 0 Å². The van der Waals surface area contributed by atoms with Gasteiger partial charge in [0, 0.05) is 18.2 Å². The zero-order chi connectivity index (χ0) is 13.4. The third-order valence-electron chi connectivity index (χ3n) is 2.21. The van der Waals surface area contributed by atoms with Crippen LogP contribution < -0.4 is 10.1 Å². The molecule has 0 spiro atoms. The van der Waals surface area contributed by atoms with Crippen LogP contribution in [0.1, 0.15) is 19.8 Å². The maximum atomic E-state index is 11.5. The molecule has 18 heavy (non-hydrogen) atoms. The molecule has 0 aliphatic rings. The molecule has 0 saturated carbocycles. The van der Waals surface area contributed by atoms with Gasteiger partial charge in [0.25, 0.3) is 0 Å². The van der Waals surface area contributed by atoms with Crippen LogP contribution in [0.4, 0.5) is 5.69 Å². The first-order valence-electron chi connectivity index (χ1n) is 5.69. The zero-order valence-corrected chi connectivity index (χ0v) is 10.2. The van der Waals surface area contributed by atoms with Crippen LogP contribution in [-0.4, -0.2) is 23.7 Å². The molecule has 1 atom stereocenters. The van der Waals surface area contributed by atoms with Crippen molar-refractivity contribution in [2.45, 2.75) is 25.9 Å². The minimum Gasteiger partial charge on any atom is -0.479 e. The Balaban J connectivity index is 2.51. The SMILES string of the molecule is CC(O)CCC(=O)Nc1cccc(OCC#N)c1. The second-order valence-electron chi connectivity index (χ2n) is 3.91. The summed E-state index contributed by atoms with van der Waals surface area (Å²) < 4.78 is 5.12. The molecular weight excluding hydrogens is 232 g/mol. The predicted molar refractivity (Wildman–Crippen MR) is 67.1 cm³/mol. The summed E-state index contributed by atoms with van der Waals surface area (Å²) >= 11 is 0. The molecular formula is C13H16N2O3. The van der Waals surface area contributed by atoms with Gasteiger partial charge in [-0.15, -0.1) is 0 Å². The molecule has 0 bridgehead atoms. The van der Waals surface area contributed by atoms with Gasteiger partial charge in [-0.05, 0) is 25.5 Å². The molecule has 1 aromatic carbocycles. The smallest absolute Gasteiger partial charge is 0.224 e. The number of benzene rings is 1. The van der Waals surface area contributed by atoms with Crippen molar-refractivity contribution in [1.29, 1.82) is 5.26 Å². The van der Waals surface area contributed by atoms with Crippen molar-refractivity contribution < 1.29 is 14.6 Å². The van der Waals surface area contributed by atoms with E-state index in [2.05, 4.69) is 5.32 Å². The maximum Gasteiger partial charge on any atom is 0.224 e. The Kier molecular flexibility index (Phi) is 5.68. The van der Waals surface area contributed by atoms with Crippen molar-refractivity contribution in [2.24, 2.45) is 0 Å². The zero-order valence-electron chi connectivity index (χ0n) is 10.2. The number of aliphatic hydroxyl groups is 1. The molecule has 5 heteroatoms. The molecule has 1 rings (SSSR count). The lowest BCUT2D eigenvalue weighted by Gasteiger charge is -2.08. The summed E-state index contributed by atoms with van der Waals surface area (Å²) in [7, 11) is 0. The average molecular weight is 248 g/mol. The third-order valence-corrected chi connectivity index (χ3v) is 2.21. The van der Waals surface area contributed by atoms with E-state index in [1.807, 2.05) is 6.07 Å². The molecule has 0 saturated heterocycles. The van der Waals surface area contributed by atoms with E-state index in [1.54, 1.807) is 31.2 Å². The number of hydrogen-bond donors (Lipinski definition) is 2. The summed E-state index contributed by atoms with van der Waals surface area (Å²) in [5.41, 5.74) is 0.612. The Morgan fingerprint density at radius 1 is 1.61 bits per heavy atom. The number of amides is 1. The Bertz CT molecular complexity index is 438. The van der Waals surface area contributed by atoms with Gasteiger partial charge in [-0.25, -0.2) is 0 Å². The number of carbonyl (C=O) groups is 1. The van der Waals surface area contributed by atoms with Crippen LogP contribution in [0, 0.1) is 11.3 Å². The summed E-state index contributed by atoms with van der Waals surface area (Å²) in [5, 5.41) is 20.2. The molecule has 96 valence electrons. The lowest BCUT2D eigenvalue weighted by Crippen LogP contribution is -2.14. The number of carbonyl (C=O) groups excluding carboxylic acids is 1. The second-order valence-corrected chi connectivity index (χ2v) is 3.91. The fourth-order valence-electron chi connectivity index (χ4n) is 1.34. The molecule has 0 heterocycles. The quantitative estimate of drug-likeness (QED) is 0.802. The van der Waals surface area contributed by atoms with Crippen molar-refractivity contribution in [3.63, 3.8) is 0 Å². The minimum absolute atomic E-state index is 0.0283. The van der Waals surface area contributed by atoms with E-state index < -0.39 is 6.10 Å². The van der Waals surface area contributed by atoms with E-state index in [4.69, 9.17) is 15.1 Å². The van der Waals surface area contributed by atoms with Gasteiger partial charge in [0.1, 0.15) is 11.8 Å². The molecule has 0 aliphatic carbocycles. The first kappa shape index (κ1) is 14.0. The largest absolute Gasteiger partial charge is 0.479 e. The second kappa shape index (κ2) is 7.30. The van der Waals surface area contributed by atoms with E-state index in [0.717, 1.165) is 0 Å². The van der Waals surface area contributed by atoms with Crippen LogP contribution in [0.15, 0.2) is 24.3 Å². The van der Waals surface area contributed by atoms with Gasteiger partial charge < -0.3 is 15.2 Å². The molecule has 0 radical (unpaired) electrons. The highest BCUT2D eigenvalue weighted by Crippen LogP contribution is 2.17. The van der Waals surface area contributed by atoms with E-state index >= 15 is 0 Å². The van der Waals surface area contributed by atoms with Gasteiger partial charge in [0.2, 0.25) is 5.91 Å². The number of nitriles is 1. The van der Waals surface area contributed by atoms with Crippen LogP contribution in [-0.2, 0) is 4.79 Å². The number of rotatable bonds is 6. The molecule has 1 aromatic rings. The van der Waals surface area contributed by atoms with Gasteiger partial charge in [-0.3, -0.25) is 4.79 Å². The summed E-state index contributed by atoms with van der Waals surface area (Å²) in [5.74, 6) is 0.373.